The molecule has 8 nitrogen and oxygen atoms in total. The number of esters is 2. The fourth-order valence-electron chi connectivity index (χ4n) is 8.65. The van der Waals surface area contributed by atoms with Gasteiger partial charge in [0.15, 0.2) is 12.5 Å². The van der Waals surface area contributed by atoms with Gasteiger partial charge >= 0.3 is 11.9 Å². The quantitative estimate of drug-likeness (QED) is 0.0270. The summed E-state index contributed by atoms with van der Waals surface area (Å²) in [5.41, 5.74) is 10.0. The molecule has 4 unspecified atom stereocenters. The first-order chi connectivity index (χ1) is 29.4. The van der Waals surface area contributed by atoms with E-state index in [2.05, 4.69) is 118 Å². The number of anilines is 2. The van der Waals surface area contributed by atoms with Gasteiger partial charge in [-0.15, -0.1) is 0 Å². The van der Waals surface area contributed by atoms with Gasteiger partial charge in [0.25, 0.3) is 0 Å². The molecule has 0 saturated heterocycles. The van der Waals surface area contributed by atoms with Crippen molar-refractivity contribution in [2.24, 2.45) is 11.8 Å². The summed E-state index contributed by atoms with van der Waals surface area (Å²) in [4.78, 5) is 26.0. The molecule has 0 heterocycles. The molecule has 0 fully saturated rings. The number of hydrogen-bond acceptors (Lipinski definition) is 8. The smallest absolute Gasteiger partial charge is 0.419 e. The van der Waals surface area contributed by atoms with E-state index in [0.717, 1.165) is 61.3 Å². The molecule has 0 aromatic heterocycles. The fourth-order valence-corrected chi connectivity index (χ4v) is 8.65. The van der Waals surface area contributed by atoms with E-state index in [4.69, 9.17) is 9.47 Å². The molecule has 4 atom stereocenters. The highest BCUT2D eigenvalue weighted by atomic mass is 16.6. The lowest BCUT2D eigenvalue weighted by Gasteiger charge is -2.25. The third-order valence-corrected chi connectivity index (χ3v) is 11.8. The van der Waals surface area contributed by atoms with Crippen molar-refractivity contribution in [2.75, 3.05) is 36.8 Å². The predicted octanol–water partition coefficient (Wildman–Crippen LogP) is 9.97. The zero-order valence-electron chi connectivity index (χ0n) is 35.8. The Labute approximate surface area is 358 Å². The van der Waals surface area contributed by atoms with Crippen molar-refractivity contribution in [2.45, 2.75) is 103 Å². The van der Waals surface area contributed by atoms with Gasteiger partial charge in [0.2, 0.25) is 0 Å². The second-order valence-corrected chi connectivity index (χ2v) is 16.3. The summed E-state index contributed by atoms with van der Waals surface area (Å²) in [5.74, 6) is -0.797. The molecular weight excluding hydrogens is 745 g/mol. The third kappa shape index (κ3) is 14.5. The molecule has 60 heavy (non-hydrogen) atoms. The lowest BCUT2D eigenvalue weighted by molar-refractivity contribution is -0.175. The van der Waals surface area contributed by atoms with Crippen LogP contribution in [0.3, 0.4) is 0 Å². The van der Waals surface area contributed by atoms with Crippen LogP contribution in [0.4, 0.5) is 11.4 Å². The number of carbonyl (C=O) groups excluding carboxylic acids is 2. The maximum Gasteiger partial charge on any atom is 0.419 e. The molecule has 0 amide bonds. The van der Waals surface area contributed by atoms with Gasteiger partial charge in [-0.1, -0.05) is 122 Å². The van der Waals surface area contributed by atoms with Gasteiger partial charge in [-0.05, 0) is 136 Å². The van der Waals surface area contributed by atoms with Crippen molar-refractivity contribution >= 4 is 23.3 Å². The summed E-state index contributed by atoms with van der Waals surface area (Å²) in [6.45, 7) is 6.79. The third-order valence-electron chi connectivity index (χ3n) is 11.8. The molecular formula is C52H66N4O4. The standard InChI is InChI=1S/C52H66N4O4/c1-3-53-49(37-41-23-27-47(28-24-41)55-33-31-43-19-11-13-21-45(43)35-39-15-7-5-8-16-39)59-51(57)52(58)60-50(54-4-2)38-42-25-29-48(30-26-42)56-34-32-44-20-12-14-22-46(44)36-40-17-9-6-10-18-40/h5-10,15-20,23-30,45-46,49-50,53-56H,3-4,11-14,21-22,31-38H2,1-2H3. The number of nitrogens with one attached hydrogen (secondary N) is 4. The predicted molar refractivity (Wildman–Crippen MR) is 245 cm³/mol. The van der Waals surface area contributed by atoms with Crippen molar-refractivity contribution in [3.8, 4) is 0 Å². The molecule has 0 bridgehead atoms. The largest absolute Gasteiger partial charge is 0.438 e. The molecule has 0 radical (unpaired) electrons. The van der Waals surface area contributed by atoms with Gasteiger partial charge < -0.3 is 20.1 Å². The van der Waals surface area contributed by atoms with Crippen LogP contribution in [0.1, 0.15) is 87.5 Å². The minimum atomic E-state index is -1.01. The highest BCUT2D eigenvalue weighted by Crippen LogP contribution is 2.31. The molecule has 8 heteroatoms. The summed E-state index contributed by atoms with van der Waals surface area (Å²) in [5, 5.41) is 13.6. The van der Waals surface area contributed by atoms with Gasteiger partial charge in [0.1, 0.15) is 0 Å². The van der Waals surface area contributed by atoms with Gasteiger partial charge in [-0.2, -0.15) is 0 Å². The average Bonchev–Trinajstić information content (AvgIpc) is 3.27. The maximum atomic E-state index is 13.0. The topological polar surface area (TPSA) is 101 Å². The number of carbonyl (C=O) groups is 2. The van der Waals surface area contributed by atoms with Crippen LogP contribution in [0.25, 0.3) is 0 Å². The first-order valence-corrected chi connectivity index (χ1v) is 22.4. The minimum absolute atomic E-state index is 0.421. The molecule has 0 saturated carbocycles. The first kappa shape index (κ1) is 44.4. The van der Waals surface area contributed by atoms with Crippen molar-refractivity contribution in [3.63, 3.8) is 0 Å². The highest BCUT2D eigenvalue weighted by Gasteiger charge is 2.26. The molecule has 4 aromatic carbocycles. The Morgan fingerprint density at radius 2 is 0.950 bits per heavy atom. The van der Waals surface area contributed by atoms with E-state index >= 15 is 0 Å². The lowest BCUT2D eigenvalue weighted by atomic mass is 9.82. The van der Waals surface area contributed by atoms with Gasteiger partial charge in [0, 0.05) is 37.3 Å². The summed E-state index contributed by atoms with van der Waals surface area (Å²) in [6, 6.07) is 38.0. The monoisotopic (exact) mass is 811 g/mol. The van der Waals surface area contributed by atoms with Gasteiger partial charge in [0.05, 0.1) is 0 Å². The van der Waals surface area contributed by atoms with Gasteiger partial charge in [-0.25, -0.2) is 9.59 Å². The second kappa shape index (κ2) is 24.2. The van der Waals surface area contributed by atoms with Crippen LogP contribution >= 0.6 is 0 Å². The van der Waals surface area contributed by atoms with E-state index in [-0.39, 0.29) is 0 Å². The van der Waals surface area contributed by atoms with E-state index in [1.54, 1.807) is 11.1 Å². The number of benzene rings is 4. The van der Waals surface area contributed by atoms with Crippen LogP contribution in [-0.4, -0.2) is 50.6 Å². The summed E-state index contributed by atoms with van der Waals surface area (Å²) >= 11 is 0. The maximum absolute atomic E-state index is 13.0. The van der Waals surface area contributed by atoms with Crippen molar-refractivity contribution in [1.82, 2.24) is 10.6 Å². The highest BCUT2D eigenvalue weighted by molar-refractivity contribution is 6.29. The number of hydrogen-bond donors (Lipinski definition) is 4. The van der Waals surface area contributed by atoms with E-state index in [9.17, 15) is 9.59 Å². The Morgan fingerprint density at radius 3 is 1.33 bits per heavy atom. The summed E-state index contributed by atoms with van der Waals surface area (Å²) in [6.07, 6.45) is 16.1. The average molecular weight is 811 g/mol. The normalized spacial score (nSPS) is 17.4. The number of likely N-dealkylation sites (N-methyl/N-ethyl adjacent to an activating group) is 2. The van der Waals surface area contributed by atoms with Crippen LogP contribution in [0.15, 0.2) is 132 Å². The molecule has 0 aliphatic heterocycles. The minimum Gasteiger partial charge on any atom is -0.438 e. The van der Waals surface area contributed by atoms with Crippen LogP contribution < -0.4 is 21.3 Å². The Kier molecular flexibility index (Phi) is 17.9. The summed E-state index contributed by atoms with van der Waals surface area (Å²) in [7, 11) is 0. The SMILES string of the molecule is CCNC(Cc1ccc(NCCC2=CCCCC2Cc2ccccc2)cc1)OC(=O)C(=O)OC(Cc1ccc(NCCC2=CCCCC2Cc2ccccc2)cc1)NCC. The molecule has 0 spiro atoms. The van der Waals surface area contributed by atoms with Crippen LogP contribution in [0.5, 0.6) is 0 Å². The number of rotatable bonds is 22. The molecule has 4 N–H and O–H groups in total. The van der Waals surface area contributed by atoms with Crippen LogP contribution in [-0.2, 0) is 44.7 Å². The van der Waals surface area contributed by atoms with E-state index in [1.165, 1.54) is 49.7 Å². The molecule has 318 valence electrons. The van der Waals surface area contributed by atoms with Crippen molar-refractivity contribution in [3.05, 3.63) is 155 Å². The molecule has 2 aliphatic carbocycles. The van der Waals surface area contributed by atoms with Crippen LogP contribution in [0.2, 0.25) is 0 Å². The number of ether oxygens (including phenoxy) is 2. The Bertz CT molecular complexity index is 1800. The molecule has 4 aromatic rings. The van der Waals surface area contributed by atoms with E-state index in [0.29, 0.717) is 37.8 Å². The van der Waals surface area contributed by atoms with Gasteiger partial charge in [-0.3, -0.25) is 10.6 Å². The molecule has 6 rings (SSSR count). The van der Waals surface area contributed by atoms with Crippen molar-refractivity contribution in [1.29, 1.82) is 0 Å². The zero-order valence-corrected chi connectivity index (χ0v) is 35.8. The Hall–Kier alpha value is -5.18. The number of allylic oxidation sites excluding steroid dienone is 2. The van der Waals surface area contributed by atoms with E-state index < -0.39 is 24.4 Å². The summed E-state index contributed by atoms with van der Waals surface area (Å²) < 4.78 is 11.3. The Morgan fingerprint density at radius 1 is 0.550 bits per heavy atom. The zero-order chi connectivity index (χ0) is 41.8. The fraction of sp³-hybridized carbons (Fsp3) is 0.423. The van der Waals surface area contributed by atoms with Crippen LogP contribution in [0, 0.1) is 11.8 Å². The second-order valence-electron chi connectivity index (χ2n) is 16.3. The van der Waals surface area contributed by atoms with Crippen molar-refractivity contribution < 1.29 is 19.1 Å². The Balaban J connectivity index is 0.921. The van der Waals surface area contributed by atoms with E-state index in [1.807, 2.05) is 38.1 Å². The molecule has 2 aliphatic rings. The first-order valence-electron chi connectivity index (χ1n) is 22.4. The lowest BCUT2D eigenvalue weighted by Crippen LogP contribution is -2.41.